The third-order valence-electron chi connectivity index (χ3n) is 4.36. The van der Waals surface area contributed by atoms with E-state index in [1.165, 1.54) is 11.3 Å². The number of hydrogen-bond acceptors (Lipinski definition) is 1. The normalized spacial score (nSPS) is 23.5. The molecule has 0 bridgehead atoms. The smallest absolute Gasteiger partial charge is 0.0383 e. The zero-order valence-electron chi connectivity index (χ0n) is 11.9. The standard InChI is InChI=1S/C15H26N2/c1-6-15(4,5)17-8-7-11-12(16)9-14(2,3)10-13(11)17/h7-8,12H,6,9-10,16H2,1-5H3. The third-order valence-corrected chi connectivity index (χ3v) is 4.36. The second kappa shape index (κ2) is 3.88. The van der Waals surface area contributed by atoms with Crippen LogP contribution in [0, 0.1) is 5.41 Å². The van der Waals surface area contributed by atoms with Crippen molar-refractivity contribution in [1.29, 1.82) is 0 Å². The van der Waals surface area contributed by atoms with Crippen LogP contribution in [0.3, 0.4) is 0 Å². The Morgan fingerprint density at radius 3 is 2.71 bits per heavy atom. The molecule has 0 aliphatic heterocycles. The van der Waals surface area contributed by atoms with E-state index in [9.17, 15) is 0 Å². The predicted octanol–water partition coefficient (Wildman–Crippen LogP) is 3.61. The van der Waals surface area contributed by atoms with Gasteiger partial charge in [-0.15, -0.1) is 0 Å². The Balaban J connectivity index is 2.48. The molecule has 1 aromatic rings. The molecular weight excluding hydrogens is 208 g/mol. The molecule has 1 aliphatic rings. The molecule has 0 fully saturated rings. The number of hydrogen-bond donors (Lipinski definition) is 1. The zero-order valence-corrected chi connectivity index (χ0v) is 11.9. The fourth-order valence-electron chi connectivity index (χ4n) is 2.97. The Kier molecular flexibility index (Phi) is 2.89. The van der Waals surface area contributed by atoms with Gasteiger partial charge in [-0.2, -0.15) is 0 Å². The lowest BCUT2D eigenvalue weighted by Crippen LogP contribution is -2.34. The first kappa shape index (κ1) is 12.7. The summed E-state index contributed by atoms with van der Waals surface area (Å²) in [6, 6.07) is 2.44. The highest BCUT2D eigenvalue weighted by Crippen LogP contribution is 2.41. The molecule has 2 nitrogen and oxygen atoms in total. The molecule has 0 saturated heterocycles. The number of aromatic nitrogens is 1. The van der Waals surface area contributed by atoms with Crippen LogP contribution in [0.4, 0.5) is 0 Å². The van der Waals surface area contributed by atoms with Crippen molar-refractivity contribution in [3.05, 3.63) is 23.5 Å². The highest BCUT2D eigenvalue weighted by Gasteiger charge is 2.34. The summed E-state index contributed by atoms with van der Waals surface area (Å²) in [6.45, 7) is 11.5. The second-order valence-electron chi connectivity index (χ2n) is 6.91. The molecule has 0 aromatic carbocycles. The van der Waals surface area contributed by atoms with Crippen molar-refractivity contribution in [3.8, 4) is 0 Å². The summed E-state index contributed by atoms with van der Waals surface area (Å²) in [6.07, 6.45) is 5.61. The summed E-state index contributed by atoms with van der Waals surface area (Å²) in [7, 11) is 0. The molecule has 1 unspecified atom stereocenters. The minimum atomic E-state index is 0.195. The number of nitrogens with two attached hydrogens (primary N) is 1. The first-order chi connectivity index (χ1) is 7.77. The summed E-state index contributed by atoms with van der Waals surface area (Å²) >= 11 is 0. The van der Waals surface area contributed by atoms with E-state index >= 15 is 0 Å². The largest absolute Gasteiger partial charge is 0.346 e. The number of nitrogens with zero attached hydrogens (tertiary/aromatic N) is 1. The first-order valence-corrected chi connectivity index (χ1v) is 6.73. The maximum atomic E-state index is 6.31. The Morgan fingerprint density at radius 1 is 1.47 bits per heavy atom. The van der Waals surface area contributed by atoms with Gasteiger partial charge in [0.2, 0.25) is 0 Å². The maximum absolute atomic E-state index is 6.31. The van der Waals surface area contributed by atoms with E-state index in [0.29, 0.717) is 5.41 Å². The third kappa shape index (κ3) is 2.15. The van der Waals surface area contributed by atoms with Crippen LogP contribution in [0.1, 0.15) is 64.8 Å². The van der Waals surface area contributed by atoms with Crippen LogP contribution >= 0.6 is 0 Å². The lowest BCUT2D eigenvalue weighted by atomic mass is 9.74. The van der Waals surface area contributed by atoms with Crippen molar-refractivity contribution >= 4 is 0 Å². The van der Waals surface area contributed by atoms with Crippen LogP contribution in [-0.2, 0) is 12.0 Å². The van der Waals surface area contributed by atoms with Crippen molar-refractivity contribution in [2.45, 2.75) is 65.5 Å². The molecule has 1 aromatic heterocycles. The fourth-order valence-corrected chi connectivity index (χ4v) is 2.97. The van der Waals surface area contributed by atoms with E-state index < -0.39 is 0 Å². The molecule has 0 radical (unpaired) electrons. The Labute approximate surface area is 105 Å². The predicted molar refractivity (Wildman–Crippen MR) is 73.1 cm³/mol. The van der Waals surface area contributed by atoms with Gasteiger partial charge in [0.25, 0.3) is 0 Å². The lowest BCUT2D eigenvalue weighted by molar-refractivity contribution is 0.255. The minimum Gasteiger partial charge on any atom is -0.346 e. The van der Waals surface area contributed by atoms with E-state index in [1.807, 2.05) is 0 Å². The summed E-state index contributed by atoms with van der Waals surface area (Å²) in [4.78, 5) is 0. The summed E-state index contributed by atoms with van der Waals surface area (Å²) < 4.78 is 2.45. The minimum absolute atomic E-state index is 0.195. The second-order valence-corrected chi connectivity index (χ2v) is 6.91. The average Bonchev–Trinajstić information content (AvgIpc) is 2.60. The average molecular weight is 234 g/mol. The van der Waals surface area contributed by atoms with Crippen LogP contribution in [0.15, 0.2) is 12.3 Å². The van der Waals surface area contributed by atoms with Gasteiger partial charge in [-0.3, -0.25) is 0 Å². The van der Waals surface area contributed by atoms with Gasteiger partial charge in [0.15, 0.2) is 0 Å². The van der Waals surface area contributed by atoms with Crippen molar-refractivity contribution in [1.82, 2.24) is 4.57 Å². The van der Waals surface area contributed by atoms with Gasteiger partial charge in [-0.25, -0.2) is 0 Å². The first-order valence-electron chi connectivity index (χ1n) is 6.73. The van der Waals surface area contributed by atoms with E-state index in [2.05, 4.69) is 51.4 Å². The molecule has 0 saturated carbocycles. The quantitative estimate of drug-likeness (QED) is 0.832. The highest BCUT2D eigenvalue weighted by atomic mass is 15.1. The van der Waals surface area contributed by atoms with Crippen LogP contribution in [0.25, 0.3) is 0 Å². The van der Waals surface area contributed by atoms with Gasteiger partial charge in [0, 0.05) is 23.5 Å². The molecule has 2 N–H and O–H groups in total. The Morgan fingerprint density at radius 2 is 2.12 bits per heavy atom. The van der Waals surface area contributed by atoms with E-state index in [1.54, 1.807) is 0 Å². The Bertz CT molecular complexity index is 413. The molecule has 2 rings (SSSR count). The maximum Gasteiger partial charge on any atom is 0.0383 e. The van der Waals surface area contributed by atoms with Gasteiger partial charge < -0.3 is 10.3 Å². The van der Waals surface area contributed by atoms with Crippen molar-refractivity contribution in [2.24, 2.45) is 11.1 Å². The summed E-state index contributed by atoms with van der Waals surface area (Å²) in [5.41, 5.74) is 9.65. The lowest BCUT2D eigenvalue weighted by Gasteiger charge is -2.37. The monoisotopic (exact) mass is 234 g/mol. The van der Waals surface area contributed by atoms with Gasteiger partial charge in [0.05, 0.1) is 0 Å². The van der Waals surface area contributed by atoms with Crippen molar-refractivity contribution < 1.29 is 0 Å². The Hall–Kier alpha value is -0.760. The molecular formula is C15H26N2. The van der Waals surface area contributed by atoms with Crippen LogP contribution in [0.5, 0.6) is 0 Å². The molecule has 1 aliphatic carbocycles. The molecule has 1 heterocycles. The van der Waals surface area contributed by atoms with Crippen LogP contribution in [-0.4, -0.2) is 4.57 Å². The highest BCUT2D eigenvalue weighted by molar-refractivity contribution is 5.31. The van der Waals surface area contributed by atoms with E-state index in [0.717, 1.165) is 19.3 Å². The van der Waals surface area contributed by atoms with Gasteiger partial charge in [-0.1, -0.05) is 20.8 Å². The molecule has 2 heteroatoms. The fraction of sp³-hybridized carbons (Fsp3) is 0.733. The summed E-state index contributed by atoms with van der Waals surface area (Å²) in [5.74, 6) is 0. The molecule has 0 amide bonds. The van der Waals surface area contributed by atoms with Gasteiger partial charge in [0.1, 0.15) is 0 Å². The number of rotatable bonds is 2. The SMILES string of the molecule is CCC(C)(C)n1ccc2c1CC(C)(C)CC2N. The van der Waals surface area contributed by atoms with Crippen molar-refractivity contribution in [2.75, 3.05) is 0 Å². The van der Waals surface area contributed by atoms with Crippen LogP contribution < -0.4 is 5.73 Å². The van der Waals surface area contributed by atoms with Gasteiger partial charge in [-0.05, 0) is 50.2 Å². The molecule has 17 heavy (non-hydrogen) atoms. The molecule has 0 spiro atoms. The molecule has 96 valence electrons. The van der Waals surface area contributed by atoms with E-state index in [-0.39, 0.29) is 11.6 Å². The molecule has 1 atom stereocenters. The van der Waals surface area contributed by atoms with Crippen molar-refractivity contribution in [3.63, 3.8) is 0 Å². The zero-order chi connectivity index (χ0) is 12.8. The summed E-state index contributed by atoms with van der Waals surface area (Å²) in [5, 5.41) is 0. The van der Waals surface area contributed by atoms with Crippen LogP contribution in [0.2, 0.25) is 0 Å². The van der Waals surface area contributed by atoms with E-state index in [4.69, 9.17) is 5.73 Å². The number of fused-ring (bicyclic) bond motifs is 1. The van der Waals surface area contributed by atoms with Gasteiger partial charge >= 0.3 is 0 Å². The topological polar surface area (TPSA) is 30.9 Å².